The summed E-state index contributed by atoms with van der Waals surface area (Å²) in [4.78, 5) is 4.26. The van der Waals surface area contributed by atoms with E-state index in [1.807, 2.05) is 20.2 Å². The third-order valence-corrected chi connectivity index (χ3v) is 3.11. The minimum Gasteiger partial charge on any atom is -0.492 e. The quantitative estimate of drug-likeness (QED) is 0.824. The average Bonchev–Trinajstić information content (AvgIpc) is 2.29. The molecule has 1 aromatic rings. The van der Waals surface area contributed by atoms with Gasteiger partial charge in [-0.05, 0) is 44.4 Å². The second-order valence-electron chi connectivity index (χ2n) is 5.12. The van der Waals surface area contributed by atoms with Gasteiger partial charge >= 0.3 is 0 Å². The molecule has 0 aromatic carbocycles. The predicted octanol–water partition coefficient (Wildman–Crippen LogP) is 2.76. The van der Waals surface area contributed by atoms with Crippen LogP contribution in [0.15, 0.2) is 18.5 Å². The van der Waals surface area contributed by atoms with Crippen molar-refractivity contribution in [1.29, 1.82) is 0 Å². The van der Waals surface area contributed by atoms with Gasteiger partial charge in [0.1, 0.15) is 5.75 Å². The molecule has 0 aliphatic heterocycles. The van der Waals surface area contributed by atoms with Crippen molar-refractivity contribution in [2.75, 3.05) is 13.7 Å². The van der Waals surface area contributed by atoms with Gasteiger partial charge in [0.25, 0.3) is 0 Å². The standard InChI is InChI=1S/C14H24N2O/c1-6-17-13-7-12(9-16-10-13)14(3,4)8-11(2)15-5/h7,9-11,15H,6,8H2,1-5H3. The molecule has 0 bridgehead atoms. The van der Waals surface area contributed by atoms with E-state index in [-0.39, 0.29) is 5.41 Å². The highest BCUT2D eigenvalue weighted by Gasteiger charge is 2.23. The van der Waals surface area contributed by atoms with E-state index in [9.17, 15) is 0 Å². The molecule has 1 atom stereocenters. The van der Waals surface area contributed by atoms with Gasteiger partial charge < -0.3 is 10.1 Å². The van der Waals surface area contributed by atoms with Crippen LogP contribution in [0.4, 0.5) is 0 Å². The highest BCUT2D eigenvalue weighted by molar-refractivity contribution is 5.29. The molecule has 0 radical (unpaired) electrons. The molecule has 1 heterocycles. The Bertz CT molecular complexity index is 350. The molecule has 0 aliphatic carbocycles. The summed E-state index contributed by atoms with van der Waals surface area (Å²) >= 11 is 0. The third-order valence-electron chi connectivity index (χ3n) is 3.11. The molecule has 0 amide bonds. The molecule has 1 unspecified atom stereocenters. The molecule has 0 saturated heterocycles. The highest BCUT2D eigenvalue weighted by atomic mass is 16.5. The third kappa shape index (κ3) is 4.00. The molecule has 0 spiro atoms. The Morgan fingerprint density at radius 3 is 2.71 bits per heavy atom. The first-order chi connectivity index (χ1) is 7.99. The summed E-state index contributed by atoms with van der Waals surface area (Å²) in [6, 6.07) is 2.58. The lowest BCUT2D eigenvalue weighted by molar-refractivity contribution is 0.335. The van der Waals surface area contributed by atoms with Crippen molar-refractivity contribution in [3.8, 4) is 5.75 Å². The molecule has 3 heteroatoms. The number of aromatic nitrogens is 1. The van der Waals surface area contributed by atoms with Crippen LogP contribution in [0.2, 0.25) is 0 Å². The maximum Gasteiger partial charge on any atom is 0.137 e. The number of nitrogens with zero attached hydrogens (tertiary/aromatic N) is 1. The van der Waals surface area contributed by atoms with E-state index in [0.717, 1.165) is 12.2 Å². The largest absolute Gasteiger partial charge is 0.492 e. The van der Waals surface area contributed by atoms with Crippen LogP contribution in [-0.4, -0.2) is 24.7 Å². The lowest BCUT2D eigenvalue weighted by atomic mass is 9.80. The summed E-state index contributed by atoms with van der Waals surface area (Å²) in [5.74, 6) is 0.857. The van der Waals surface area contributed by atoms with Crippen molar-refractivity contribution in [3.63, 3.8) is 0 Å². The Balaban J connectivity index is 2.85. The van der Waals surface area contributed by atoms with Crippen LogP contribution in [0.25, 0.3) is 0 Å². The monoisotopic (exact) mass is 236 g/mol. The minimum atomic E-state index is 0.0997. The van der Waals surface area contributed by atoms with Gasteiger partial charge in [-0.1, -0.05) is 13.8 Å². The fourth-order valence-electron chi connectivity index (χ4n) is 2.02. The van der Waals surface area contributed by atoms with Gasteiger partial charge in [0.2, 0.25) is 0 Å². The second-order valence-corrected chi connectivity index (χ2v) is 5.12. The van der Waals surface area contributed by atoms with E-state index in [1.54, 1.807) is 6.20 Å². The second kappa shape index (κ2) is 6.01. The van der Waals surface area contributed by atoms with Gasteiger partial charge in [0.15, 0.2) is 0 Å². The average molecular weight is 236 g/mol. The van der Waals surface area contributed by atoms with Crippen molar-refractivity contribution < 1.29 is 4.74 Å². The number of hydrogen-bond acceptors (Lipinski definition) is 3. The van der Waals surface area contributed by atoms with E-state index in [4.69, 9.17) is 4.74 Å². The Kier molecular flexibility index (Phi) is 4.94. The van der Waals surface area contributed by atoms with Crippen molar-refractivity contribution in [1.82, 2.24) is 10.3 Å². The lowest BCUT2D eigenvalue weighted by Gasteiger charge is -2.28. The van der Waals surface area contributed by atoms with Gasteiger partial charge in [-0.15, -0.1) is 0 Å². The number of ether oxygens (including phenoxy) is 1. The number of pyridine rings is 1. The molecule has 0 aliphatic rings. The summed E-state index contributed by atoms with van der Waals surface area (Å²) < 4.78 is 5.49. The van der Waals surface area contributed by atoms with Crippen molar-refractivity contribution in [3.05, 3.63) is 24.0 Å². The molecule has 17 heavy (non-hydrogen) atoms. The molecular formula is C14H24N2O. The smallest absolute Gasteiger partial charge is 0.137 e. The minimum absolute atomic E-state index is 0.0997. The summed E-state index contributed by atoms with van der Waals surface area (Å²) in [5.41, 5.74) is 1.33. The Labute approximate surface area is 105 Å². The maximum atomic E-state index is 5.49. The number of rotatable bonds is 6. The van der Waals surface area contributed by atoms with E-state index < -0.39 is 0 Å². The molecule has 1 N–H and O–H groups in total. The fourth-order valence-corrected chi connectivity index (χ4v) is 2.02. The normalized spacial score (nSPS) is 13.5. The SMILES string of the molecule is CCOc1cncc(C(C)(C)CC(C)NC)c1. The zero-order valence-corrected chi connectivity index (χ0v) is 11.6. The first-order valence-corrected chi connectivity index (χ1v) is 6.25. The van der Waals surface area contributed by atoms with Gasteiger partial charge in [-0.25, -0.2) is 0 Å². The molecule has 3 nitrogen and oxygen atoms in total. The summed E-state index contributed by atoms with van der Waals surface area (Å²) in [6.07, 6.45) is 4.77. The lowest BCUT2D eigenvalue weighted by Crippen LogP contribution is -2.30. The highest BCUT2D eigenvalue weighted by Crippen LogP contribution is 2.29. The van der Waals surface area contributed by atoms with Crippen LogP contribution in [0, 0.1) is 0 Å². The summed E-state index contributed by atoms with van der Waals surface area (Å²) in [7, 11) is 2.00. The fraction of sp³-hybridized carbons (Fsp3) is 0.643. The topological polar surface area (TPSA) is 34.1 Å². The van der Waals surface area contributed by atoms with Crippen LogP contribution < -0.4 is 10.1 Å². The molecule has 1 aromatic heterocycles. The van der Waals surface area contributed by atoms with Crippen LogP contribution >= 0.6 is 0 Å². The van der Waals surface area contributed by atoms with Gasteiger partial charge in [-0.3, -0.25) is 4.98 Å². The summed E-state index contributed by atoms with van der Waals surface area (Å²) in [5, 5.41) is 3.28. The van der Waals surface area contributed by atoms with Crippen molar-refractivity contribution >= 4 is 0 Å². The molecule has 0 fully saturated rings. The van der Waals surface area contributed by atoms with Crippen LogP contribution in [0.3, 0.4) is 0 Å². The van der Waals surface area contributed by atoms with E-state index >= 15 is 0 Å². The Morgan fingerprint density at radius 1 is 1.41 bits per heavy atom. The van der Waals surface area contributed by atoms with E-state index in [2.05, 4.69) is 37.1 Å². The predicted molar refractivity (Wildman–Crippen MR) is 71.6 cm³/mol. The molecule has 0 saturated carbocycles. The number of nitrogens with one attached hydrogen (secondary N) is 1. The number of hydrogen-bond donors (Lipinski definition) is 1. The first-order valence-electron chi connectivity index (χ1n) is 6.25. The first kappa shape index (κ1) is 14.0. The van der Waals surface area contributed by atoms with E-state index in [0.29, 0.717) is 12.6 Å². The maximum absolute atomic E-state index is 5.49. The molecule has 1 rings (SSSR count). The Hall–Kier alpha value is -1.09. The van der Waals surface area contributed by atoms with Gasteiger partial charge in [-0.2, -0.15) is 0 Å². The van der Waals surface area contributed by atoms with E-state index in [1.165, 1.54) is 5.56 Å². The zero-order valence-electron chi connectivity index (χ0n) is 11.6. The zero-order chi connectivity index (χ0) is 12.9. The molecule has 96 valence electrons. The molecular weight excluding hydrogens is 212 g/mol. The van der Waals surface area contributed by atoms with Gasteiger partial charge in [0, 0.05) is 12.2 Å². The van der Waals surface area contributed by atoms with Crippen molar-refractivity contribution in [2.24, 2.45) is 0 Å². The van der Waals surface area contributed by atoms with Crippen LogP contribution in [0.1, 0.15) is 39.7 Å². The summed E-state index contributed by atoms with van der Waals surface area (Å²) in [6.45, 7) is 9.35. The Morgan fingerprint density at radius 2 is 2.12 bits per heavy atom. The van der Waals surface area contributed by atoms with Crippen LogP contribution in [0.5, 0.6) is 5.75 Å². The van der Waals surface area contributed by atoms with Crippen LogP contribution in [-0.2, 0) is 5.41 Å². The van der Waals surface area contributed by atoms with Gasteiger partial charge in [0.05, 0.1) is 12.8 Å². The van der Waals surface area contributed by atoms with Crippen molar-refractivity contribution in [2.45, 2.75) is 45.6 Å².